The van der Waals surface area contributed by atoms with Gasteiger partial charge in [-0.25, -0.2) is 22.8 Å². The van der Waals surface area contributed by atoms with Crippen LogP contribution in [0.1, 0.15) is 39.6 Å². The average molecular weight is 352 g/mol. The molecule has 0 fully saturated rings. The number of carbonyl (C=O) groups excluding carboxylic acids is 2. The summed E-state index contributed by atoms with van der Waals surface area (Å²) in [6, 6.07) is 7.06. The Balaban J connectivity index is 1.98. The van der Waals surface area contributed by atoms with Crippen LogP contribution in [0.2, 0.25) is 0 Å². The monoisotopic (exact) mass is 352 g/mol. The summed E-state index contributed by atoms with van der Waals surface area (Å²) in [6.07, 6.45) is 0.695. The minimum atomic E-state index is -1.58. The predicted molar refractivity (Wildman–Crippen MR) is 82.5 cm³/mol. The molecule has 0 aliphatic heterocycles. The summed E-state index contributed by atoms with van der Waals surface area (Å²) < 4.78 is 48.9. The maximum Gasteiger partial charge on any atom is 0.338 e. The van der Waals surface area contributed by atoms with Crippen LogP contribution >= 0.6 is 0 Å². The fraction of sp³-hybridized carbons (Fsp3) is 0.222. The van der Waals surface area contributed by atoms with Gasteiger partial charge in [-0.1, -0.05) is 6.92 Å². The molecule has 0 aliphatic carbocycles. The first-order chi connectivity index (χ1) is 11.9. The molecule has 0 radical (unpaired) electrons. The van der Waals surface area contributed by atoms with Crippen LogP contribution in [0, 0.1) is 17.5 Å². The number of ether oxygens (including phenoxy) is 2. The van der Waals surface area contributed by atoms with Crippen molar-refractivity contribution in [2.24, 2.45) is 0 Å². The normalized spacial score (nSPS) is 10.4. The number of halogens is 3. The fourth-order valence-electron chi connectivity index (χ4n) is 1.94. The molecule has 4 nitrogen and oxygen atoms in total. The van der Waals surface area contributed by atoms with E-state index in [0.29, 0.717) is 13.0 Å². The van der Waals surface area contributed by atoms with Crippen molar-refractivity contribution in [2.75, 3.05) is 6.61 Å². The van der Waals surface area contributed by atoms with Crippen molar-refractivity contribution >= 4 is 11.9 Å². The summed E-state index contributed by atoms with van der Waals surface area (Å²) in [5, 5.41) is 0. The highest BCUT2D eigenvalue weighted by Crippen LogP contribution is 2.15. The quantitative estimate of drug-likeness (QED) is 0.582. The zero-order valence-corrected chi connectivity index (χ0v) is 13.4. The summed E-state index contributed by atoms with van der Waals surface area (Å²) in [5.74, 6) is -5.56. The molecule has 0 atom stereocenters. The van der Waals surface area contributed by atoms with Crippen LogP contribution in [0.3, 0.4) is 0 Å². The van der Waals surface area contributed by atoms with Crippen LogP contribution in [-0.2, 0) is 16.1 Å². The number of carbonyl (C=O) groups is 2. The fourth-order valence-corrected chi connectivity index (χ4v) is 1.94. The smallest absolute Gasteiger partial charge is 0.338 e. The van der Waals surface area contributed by atoms with E-state index in [2.05, 4.69) is 0 Å². The van der Waals surface area contributed by atoms with E-state index in [4.69, 9.17) is 9.47 Å². The Morgan fingerprint density at radius 2 is 1.36 bits per heavy atom. The molecule has 2 aromatic carbocycles. The first kappa shape index (κ1) is 18.5. The van der Waals surface area contributed by atoms with Crippen LogP contribution in [0.15, 0.2) is 36.4 Å². The molecule has 0 spiro atoms. The molecule has 2 rings (SSSR count). The Labute approximate surface area is 142 Å². The van der Waals surface area contributed by atoms with Crippen LogP contribution in [0.4, 0.5) is 13.2 Å². The molecule has 0 heterocycles. The van der Waals surface area contributed by atoms with E-state index >= 15 is 0 Å². The Morgan fingerprint density at radius 3 is 1.84 bits per heavy atom. The van der Waals surface area contributed by atoms with Crippen molar-refractivity contribution in [1.29, 1.82) is 0 Å². The van der Waals surface area contributed by atoms with Gasteiger partial charge >= 0.3 is 11.9 Å². The molecule has 132 valence electrons. The summed E-state index contributed by atoms with van der Waals surface area (Å²) >= 11 is 0. The number of hydrogen-bond acceptors (Lipinski definition) is 4. The average Bonchev–Trinajstić information content (AvgIpc) is 2.62. The topological polar surface area (TPSA) is 52.6 Å². The highest BCUT2D eigenvalue weighted by molar-refractivity contribution is 5.93. The van der Waals surface area contributed by atoms with E-state index < -0.39 is 36.0 Å². The van der Waals surface area contributed by atoms with Gasteiger partial charge in [0.15, 0.2) is 17.5 Å². The van der Waals surface area contributed by atoms with Gasteiger partial charge in [-0.3, -0.25) is 0 Å². The lowest BCUT2D eigenvalue weighted by molar-refractivity contribution is 0.0466. The van der Waals surface area contributed by atoms with Crippen LogP contribution in [0.5, 0.6) is 0 Å². The van der Waals surface area contributed by atoms with Gasteiger partial charge in [-0.05, 0) is 48.4 Å². The van der Waals surface area contributed by atoms with Gasteiger partial charge in [0.05, 0.1) is 17.7 Å². The molecule has 0 unspecified atom stereocenters. The van der Waals surface area contributed by atoms with Crippen LogP contribution < -0.4 is 0 Å². The van der Waals surface area contributed by atoms with Gasteiger partial charge in [-0.2, -0.15) is 0 Å². The Morgan fingerprint density at radius 1 is 0.880 bits per heavy atom. The van der Waals surface area contributed by atoms with E-state index in [1.807, 2.05) is 6.92 Å². The van der Waals surface area contributed by atoms with E-state index in [1.165, 1.54) is 24.3 Å². The summed E-state index contributed by atoms with van der Waals surface area (Å²) in [7, 11) is 0. The van der Waals surface area contributed by atoms with E-state index in [0.717, 1.165) is 12.1 Å². The summed E-state index contributed by atoms with van der Waals surface area (Å²) in [5.41, 5.74) is 0.410. The Kier molecular flexibility index (Phi) is 6.16. The molecule has 0 saturated carbocycles. The van der Waals surface area contributed by atoms with Gasteiger partial charge in [0.1, 0.15) is 6.61 Å². The molecular weight excluding hydrogens is 337 g/mol. The molecule has 0 aromatic heterocycles. The van der Waals surface area contributed by atoms with Gasteiger partial charge in [0.25, 0.3) is 0 Å². The van der Waals surface area contributed by atoms with E-state index in [1.54, 1.807) is 0 Å². The Hall–Kier alpha value is -2.83. The van der Waals surface area contributed by atoms with Gasteiger partial charge < -0.3 is 9.47 Å². The third-order valence-corrected chi connectivity index (χ3v) is 3.21. The number of esters is 2. The molecule has 0 N–H and O–H groups in total. The van der Waals surface area contributed by atoms with Crippen molar-refractivity contribution < 1.29 is 32.2 Å². The zero-order valence-electron chi connectivity index (χ0n) is 13.4. The maximum absolute atomic E-state index is 13.1. The largest absolute Gasteiger partial charge is 0.462 e. The molecule has 2 aromatic rings. The van der Waals surface area contributed by atoms with E-state index in [-0.39, 0.29) is 16.7 Å². The minimum Gasteiger partial charge on any atom is -0.462 e. The SMILES string of the molecule is CCCOC(=O)c1ccc(C(=O)OCc2cc(F)c(F)c(F)c2)cc1. The maximum atomic E-state index is 13.1. The lowest BCUT2D eigenvalue weighted by atomic mass is 10.1. The molecular formula is C18H15F3O4. The van der Waals surface area contributed by atoms with Crippen molar-refractivity contribution in [3.05, 3.63) is 70.5 Å². The molecule has 0 saturated heterocycles. The molecule has 0 bridgehead atoms. The highest BCUT2D eigenvalue weighted by Gasteiger charge is 2.14. The molecule has 0 amide bonds. The second-order valence-corrected chi connectivity index (χ2v) is 5.16. The number of benzene rings is 2. The zero-order chi connectivity index (χ0) is 18.4. The third-order valence-electron chi connectivity index (χ3n) is 3.21. The summed E-state index contributed by atoms with van der Waals surface area (Å²) in [4.78, 5) is 23.6. The van der Waals surface area contributed by atoms with Gasteiger partial charge in [0.2, 0.25) is 0 Å². The third kappa shape index (κ3) is 4.82. The lowest BCUT2D eigenvalue weighted by Crippen LogP contribution is -2.08. The minimum absolute atomic E-state index is 0.0236. The van der Waals surface area contributed by atoms with Crippen molar-refractivity contribution in [3.8, 4) is 0 Å². The second-order valence-electron chi connectivity index (χ2n) is 5.16. The van der Waals surface area contributed by atoms with Gasteiger partial charge in [-0.15, -0.1) is 0 Å². The van der Waals surface area contributed by atoms with Crippen molar-refractivity contribution in [2.45, 2.75) is 20.0 Å². The van der Waals surface area contributed by atoms with Crippen molar-refractivity contribution in [1.82, 2.24) is 0 Å². The second kappa shape index (κ2) is 8.32. The molecule has 0 aliphatic rings. The standard InChI is InChI=1S/C18H15F3O4/c1-2-7-24-17(22)12-3-5-13(6-4-12)18(23)25-10-11-8-14(19)16(21)15(20)9-11/h3-6,8-9H,2,7,10H2,1H3. The van der Waals surface area contributed by atoms with Gasteiger partial charge in [0, 0.05) is 0 Å². The summed E-state index contributed by atoms with van der Waals surface area (Å²) in [6.45, 7) is 1.74. The van der Waals surface area contributed by atoms with Crippen molar-refractivity contribution in [3.63, 3.8) is 0 Å². The predicted octanol–water partition coefficient (Wildman–Crippen LogP) is 4.03. The Bertz CT molecular complexity index is 749. The molecule has 25 heavy (non-hydrogen) atoms. The van der Waals surface area contributed by atoms with E-state index in [9.17, 15) is 22.8 Å². The first-order valence-corrected chi connectivity index (χ1v) is 7.50. The molecule has 7 heteroatoms. The number of rotatable bonds is 6. The lowest BCUT2D eigenvalue weighted by Gasteiger charge is -2.07. The highest BCUT2D eigenvalue weighted by atomic mass is 19.2. The van der Waals surface area contributed by atoms with Crippen LogP contribution in [-0.4, -0.2) is 18.5 Å². The van der Waals surface area contributed by atoms with Crippen LogP contribution in [0.25, 0.3) is 0 Å². The first-order valence-electron chi connectivity index (χ1n) is 7.50. The number of hydrogen-bond donors (Lipinski definition) is 0.